The molecule has 1 saturated heterocycles. The third-order valence-corrected chi connectivity index (χ3v) is 5.48. The van der Waals surface area contributed by atoms with E-state index in [2.05, 4.69) is 30.7 Å². The van der Waals surface area contributed by atoms with Crippen LogP contribution in [0.2, 0.25) is 0 Å². The Hall–Kier alpha value is -1.95. The van der Waals surface area contributed by atoms with E-state index in [1.807, 2.05) is 29.3 Å². The molecule has 0 atom stereocenters. The Kier molecular flexibility index (Phi) is 5.37. The first-order chi connectivity index (χ1) is 12.0. The van der Waals surface area contributed by atoms with Gasteiger partial charge in [-0.1, -0.05) is 19.9 Å². The summed E-state index contributed by atoms with van der Waals surface area (Å²) in [5.41, 5.74) is 2.29. The number of rotatable bonds is 3. The third-order valence-electron chi connectivity index (χ3n) is 4.62. The summed E-state index contributed by atoms with van der Waals surface area (Å²) >= 11 is 1.51. The molecule has 1 amide bonds. The minimum absolute atomic E-state index is 0.149. The van der Waals surface area contributed by atoms with Gasteiger partial charge in [-0.05, 0) is 37.6 Å². The predicted molar refractivity (Wildman–Crippen MR) is 103 cm³/mol. The van der Waals surface area contributed by atoms with Crippen LogP contribution in [-0.2, 0) is 0 Å². The van der Waals surface area contributed by atoms with Gasteiger partial charge in [-0.15, -0.1) is 11.3 Å². The summed E-state index contributed by atoms with van der Waals surface area (Å²) in [6.45, 7) is 11.7. The minimum Gasteiger partial charge on any atom is -0.354 e. The molecule has 1 fully saturated rings. The molecular formula is C19H26N4OS. The molecule has 0 N–H and O–H groups in total. The molecule has 0 saturated carbocycles. The highest BCUT2D eigenvalue weighted by atomic mass is 32.1. The number of thiophene rings is 1. The van der Waals surface area contributed by atoms with E-state index in [1.165, 1.54) is 16.9 Å². The van der Waals surface area contributed by atoms with Gasteiger partial charge < -0.3 is 9.80 Å². The molecule has 0 spiro atoms. The maximum absolute atomic E-state index is 12.6. The summed E-state index contributed by atoms with van der Waals surface area (Å²) in [4.78, 5) is 27.1. The zero-order valence-corrected chi connectivity index (χ0v) is 16.3. The molecule has 2 aromatic rings. The molecule has 3 rings (SSSR count). The van der Waals surface area contributed by atoms with Crippen molar-refractivity contribution in [3.8, 4) is 0 Å². The second kappa shape index (κ2) is 7.52. The van der Waals surface area contributed by atoms with Crippen molar-refractivity contribution >= 4 is 23.1 Å². The van der Waals surface area contributed by atoms with Crippen LogP contribution in [0.4, 0.5) is 5.82 Å². The van der Waals surface area contributed by atoms with Gasteiger partial charge in [0.1, 0.15) is 11.6 Å². The standard InChI is InChI=1S/C19H26N4OS/c1-13(2)17-14(3)20-15(4)21-18(17)22-8-6-9-23(11-10-22)19(24)16-7-5-12-25-16/h5,7,12-13H,6,8-11H2,1-4H3. The highest BCUT2D eigenvalue weighted by Crippen LogP contribution is 2.29. The first-order valence-electron chi connectivity index (χ1n) is 8.90. The number of carbonyl (C=O) groups excluding carboxylic acids is 1. The summed E-state index contributed by atoms with van der Waals surface area (Å²) in [6, 6.07) is 3.84. The van der Waals surface area contributed by atoms with Crippen LogP contribution in [-0.4, -0.2) is 47.0 Å². The van der Waals surface area contributed by atoms with E-state index in [9.17, 15) is 4.79 Å². The number of nitrogens with zero attached hydrogens (tertiary/aromatic N) is 4. The normalized spacial score (nSPS) is 15.6. The largest absolute Gasteiger partial charge is 0.354 e. The fourth-order valence-corrected chi connectivity index (χ4v) is 4.20. The van der Waals surface area contributed by atoms with Crippen LogP contribution >= 0.6 is 11.3 Å². The molecule has 0 aliphatic carbocycles. The number of carbonyl (C=O) groups is 1. The molecule has 3 heterocycles. The maximum Gasteiger partial charge on any atom is 0.263 e. The minimum atomic E-state index is 0.149. The lowest BCUT2D eigenvalue weighted by Crippen LogP contribution is -2.35. The number of aryl methyl sites for hydroxylation is 2. The summed E-state index contributed by atoms with van der Waals surface area (Å²) in [6.07, 6.45) is 0.955. The van der Waals surface area contributed by atoms with Gasteiger partial charge in [-0.25, -0.2) is 9.97 Å². The van der Waals surface area contributed by atoms with Crippen LogP contribution in [0.1, 0.15) is 52.9 Å². The van der Waals surface area contributed by atoms with Crippen LogP contribution in [0, 0.1) is 13.8 Å². The summed E-state index contributed by atoms with van der Waals surface area (Å²) in [5, 5.41) is 1.96. The van der Waals surface area contributed by atoms with Crippen molar-refractivity contribution in [3.63, 3.8) is 0 Å². The first kappa shape index (κ1) is 17.9. The molecule has 6 heteroatoms. The molecule has 0 radical (unpaired) electrons. The second-order valence-corrected chi connectivity index (χ2v) is 7.81. The van der Waals surface area contributed by atoms with Crippen LogP contribution in [0.15, 0.2) is 17.5 Å². The van der Waals surface area contributed by atoms with Crippen molar-refractivity contribution in [2.24, 2.45) is 0 Å². The first-order valence-corrected chi connectivity index (χ1v) is 9.78. The van der Waals surface area contributed by atoms with Crippen molar-refractivity contribution < 1.29 is 4.79 Å². The van der Waals surface area contributed by atoms with Crippen molar-refractivity contribution in [2.75, 3.05) is 31.1 Å². The Morgan fingerprint density at radius 1 is 1.16 bits per heavy atom. The molecule has 25 heavy (non-hydrogen) atoms. The Bertz CT molecular complexity index is 742. The number of amides is 1. The quantitative estimate of drug-likeness (QED) is 0.841. The van der Waals surface area contributed by atoms with Crippen LogP contribution in [0.5, 0.6) is 0 Å². The maximum atomic E-state index is 12.6. The van der Waals surface area contributed by atoms with Gasteiger partial charge in [0.15, 0.2) is 0 Å². The van der Waals surface area contributed by atoms with E-state index in [0.717, 1.165) is 54.8 Å². The van der Waals surface area contributed by atoms with E-state index in [4.69, 9.17) is 4.98 Å². The van der Waals surface area contributed by atoms with Gasteiger partial charge in [0.2, 0.25) is 0 Å². The van der Waals surface area contributed by atoms with Crippen molar-refractivity contribution in [1.82, 2.24) is 14.9 Å². The molecule has 5 nitrogen and oxygen atoms in total. The van der Waals surface area contributed by atoms with E-state index >= 15 is 0 Å². The van der Waals surface area contributed by atoms with E-state index in [-0.39, 0.29) is 5.91 Å². The lowest BCUT2D eigenvalue weighted by atomic mass is 10.0. The summed E-state index contributed by atoms with van der Waals surface area (Å²) in [7, 11) is 0. The van der Waals surface area contributed by atoms with Crippen LogP contribution in [0.3, 0.4) is 0 Å². The molecule has 2 aromatic heterocycles. The van der Waals surface area contributed by atoms with Crippen LogP contribution in [0.25, 0.3) is 0 Å². The SMILES string of the molecule is Cc1nc(C)c(C(C)C)c(N2CCCN(C(=O)c3cccs3)CC2)n1. The lowest BCUT2D eigenvalue weighted by molar-refractivity contribution is 0.0772. The zero-order chi connectivity index (χ0) is 18.0. The van der Waals surface area contributed by atoms with E-state index < -0.39 is 0 Å². The highest BCUT2D eigenvalue weighted by Gasteiger charge is 2.24. The molecule has 1 aliphatic heterocycles. The molecule has 0 unspecified atom stereocenters. The molecular weight excluding hydrogens is 332 g/mol. The summed E-state index contributed by atoms with van der Waals surface area (Å²) < 4.78 is 0. The number of aromatic nitrogens is 2. The molecule has 134 valence electrons. The topological polar surface area (TPSA) is 49.3 Å². The Labute approximate surface area is 153 Å². The zero-order valence-electron chi connectivity index (χ0n) is 15.5. The number of anilines is 1. The predicted octanol–water partition coefficient (Wildman–Crippen LogP) is 3.63. The van der Waals surface area contributed by atoms with E-state index in [1.54, 1.807) is 0 Å². The lowest BCUT2D eigenvalue weighted by Gasteiger charge is -2.27. The number of hydrogen-bond donors (Lipinski definition) is 0. The third kappa shape index (κ3) is 3.84. The Morgan fingerprint density at radius 2 is 1.96 bits per heavy atom. The fourth-order valence-electron chi connectivity index (χ4n) is 3.51. The van der Waals surface area contributed by atoms with Crippen molar-refractivity contribution in [1.29, 1.82) is 0 Å². The highest BCUT2D eigenvalue weighted by molar-refractivity contribution is 7.12. The van der Waals surface area contributed by atoms with Gasteiger partial charge >= 0.3 is 0 Å². The molecule has 0 bridgehead atoms. The van der Waals surface area contributed by atoms with Crippen molar-refractivity contribution in [3.05, 3.63) is 39.5 Å². The van der Waals surface area contributed by atoms with Gasteiger partial charge in [0.25, 0.3) is 5.91 Å². The molecule has 0 aromatic carbocycles. The smallest absolute Gasteiger partial charge is 0.263 e. The fraction of sp³-hybridized carbons (Fsp3) is 0.526. The number of hydrogen-bond acceptors (Lipinski definition) is 5. The second-order valence-electron chi connectivity index (χ2n) is 6.86. The Morgan fingerprint density at radius 3 is 2.64 bits per heavy atom. The van der Waals surface area contributed by atoms with E-state index in [0.29, 0.717) is 5.92 Å². The van der Waals surface area contributed by atoms with Gasteiger partial charge in [-0.2, -0.15) is 0 Å². The Balaban J connectivity index is 1.81. The summed E-state index contributed by atoms with van der Waals surface area (Å²) in [5.74, 6) is 2.39. The molecule has 1 aliphatic rings. The van der Waals surface area contributed by atoms with Crippen molar-refractivity contribution in [2.45, 2.75) is 40.0 Å². The average Bonchev–Trinajstić information content (AvgIpc) is 2.97. The van der Waals surface area contributed by atoms with Gasteiger partial charge in [0.05, 0.1) is 4.88 Å². The van der Waals surface area contributed by atoms with Gasteiger partial charge in [0, 0.05) is 37.4 Å². The van der Waals surface area contributed by atoms with Crippen LogP contribution < -0.4 is 4.90 Å². The average molecular weight is 359 g/mol. The van der Waals surface area contributed by atoms with Gasteiger partial charge in [-0.3, -0.25) is 4.79 Å². The monoisotopic (exact) mass is 358 g/mol.